The zero-order valence-electron chi connectivity index (χ0n) is 16.2. The molecule has 2 aromatic rings. The first-order chi connectivity index (χ1) is 12.7. The van der Waals surface area contributed by atoms with E-state index < -0.39 is 0 Å². The summed E-state index contributed by atoms with van der Waals surface area (Å²) in [5.41, 5.74) is 1.71. The van der Waals surface area contributed by atoms with Crippen LogP contribution in [-0.2, 0) is 6.54 Å². The van der Waals surface area contributed by atoms with Crippen LogP contribution in [0.1, 0.15) is 68.6 Å². The van der Waals surface area contributed by atoms with E-state index in [1.165, 1.54) is 50.1 Å². The van der Waals surface area contributed by atoms with E-state index in [0.717, 1.165) is 48.1 Å². The van der Waals surface area contributed by atoms with Gasteiger partial charge in [-0.3, -0.25) is 14.2 Å². The molecule has 2 heterocycles. The van der Waals surface area contributed by atoms with Crippen molar-refractivity contribution in [1.29, 1.82) is 0 Å². The number of benzene rings is 1. The highest BCUT2D eigenvalue weighted by atomic mass is 35.5. The van der Waals surface area contributed by atoms with Gasteiger partial charge in [0.2, 0.25) is 0 Å². The number of hydrogen-bond donors (Lipinski definition) is 0. The number of thiazole rings is 1. The van der Waals surface area contributed by atoms with E-state index in [-0.39, 0.29) is 23.1 Å². The summed E-state index contributed by atoms with van der Waals surface area (Å²) < 4.78 is 2.82. The van der Waals surface area contributed by atoms with Crippen LogP contribution in [0.15, 0.2) is 23.0 Å². The third kappa shape index (κ3) is 5.90. The predicted octanol–water partition coefficient (Wildman–Crippen LogP) is 5.12. The number of hydrogen-bond acceptors (Lipinski definition) is 4. The van der Waals surface area contributed by atoms with Gasteiger partial charge in [0, 0.05) is 18.5 Å². The number of aromatic nitrogens is 1. The van der Waals surface area contributed by atoms with E-state index in [4.69, 9.17) is 0 Å². The van der Waals surface area contributed by atoms with Crippen LogP contribution in [0.25, 0.3) is 10.2 Å². The van der Waals surface area contributed by atoms with Crippen molar-refractivity contribution in [3.05, 3.63) is 33.4 Å². The number of ketones is 1. The summed E-state index contributed by atoms with van der Waals surface area (Å²) in [5, 5.41) is 0. The Balaban J connectivity index is 0.00000261. The first kappa shape index (κ1) is 22.1. The van der Waals surface area contributed by atoms with Gasteiger partial charge in [0.15, 0.2) is 5.78 Å². The molecular formula is C21H31ClN2O2S. The standard InChI is InChI=1S/C21H30N2O2S.ClH/c1-2-9-19(24)17-10-11-18-20(16-17)26-21(25)23(18)15-8-7-14-22-12-5-3-4-6-13-22;/h10-11,16H,2-9,12-15H2,1H3;1H. The van der Waals surface area contributed by atoms with Gasteiger partial charge in [-0.1, -0.05) is 31.1 Å². The van der Waals surface area contributed by atoms with Crippen LogP contribution in [0, 0.1) is 0 Å². The summed E-state index contributed by atoms with van der Waals surface area (Å²) in [4.78, 5) is 27.1. The molecule has 0 atom stereocenters. The van der Waals surface area contributed by atoms with Crippen LogP contribution in [0.2, 0.25) is 0 Å². The smallest absolute Gasteiger partial charge is 0.303 e. The SMILES string of the molecule is CCCC(=O)c1ccc2c(c1)sc(=O)n2CCCCN1CCCCCC1.Cl. The van der Waals surface area contributed by atoms with Gasteiger partial charge in [-0.25, -0.2) is 0 Å². The van der Waals surface area contributed by atoms with E-state index in [1.54, 1.807) is 0 Å². The Kier molecular flexibility index (Phi) is 9.00. The van der Waals surface area contributed by atoms with Crippen molar-refractivity contribution in [2.75, 3.05) is 19.6 Å². The minimum Gasteiger partial charge on any atom is -0.303 e. The van der Waals surface area contributed by atoms with Crippen LogP contribution < -0.4 is 4.87 Å². The minimum absolute atomic E-state index is 0. The van der Waals surface area contributed by atoms with Crippen LogP contribution in [0.5, 0.6) is 0 Å². The maximum absolute atomic E-state index is 12.4. The van der Waals surface area contributed by atoms with Crippen molar-refractivity contribution in [1.82, 2.24) is 9.47 Å². The Hall–Kier alpha value is -1.17. The zero-order chi connectivity index (χ0) is 18.4. The molecule has 0 radical (unpaired) electrons. The van der Waals surface area contributed by atoms with Gasteiger partial charge in [0.1, 0.15) is 0 Å². The highest BCUT2D eigenvalue weighted by molar-refractivity contribution is 7.16. The Bertz CT molecular complexity index is 791. The van der Waals surface area contributed by atoms with Crippen LogP contribution in [0.4, 0.5) is 0 Å². The number of aryl methyl sites for hydroxylation is 1. The minimum atomic E-state index is 0. The van der Waals surface area contributed by atoms with E-state index in [1.807, 2.05) is 29.7 Å². The molecule has 0 aliphatic carbocycles. The molecule has 27 heavy (non-hydrogen) atoms. The topological polar surface area (TPSA) is 42.3 Å². The Labute approximate surface area is 172 Å². The summed E-state index contributed by atoms with van der Waals surface area (Å²) in [7, 11) is 0. The van der Waals surface area contributed by atoms with Crippen LogP contribution in [0.3, 0.4) is 0 Å². The quantitative estimate of drug-likeness (QED) is 0.447. The average Bonchev–Trinajstić information content (AvgIpc) is 2.79. The lowest BCUT2D eigenvalue weighted by Crippen LogP contribution is -2.26. The van der Waals surface area contributed by atoms with Crippen molar-refractivity contribution < 1.29 is 4.79 Å². The Morgan fingerprint density at radius 3 is 2.48 bits per heavy atom. The summed E-state index contributed by atoms with van der Waals surface area (Å²) in [5.74, 6) is 0.166. The number of likely N-dealkylation sites (tertiary alicyclic amines) is 1. The molecule has 1 aliphatic rings. The van der Waals surface area contributed by atoms with E-state index in [2.05, 4.69) is 4.90 Å². The summed E-state index contributed by atoms with van der Waals surface area (Å²) in [6, 6.07) is 5.72. The highest BCUT2D eigenvalue weighted by Gasteiger charge is 2.12. The molecule has 0 N–H and O–H groups in total. The van der Waals surface area contributed by atoms with Gasteiger partial charge in [-0.05, 0) is 69.9 Å². The van der Waals surface area contributed by atoms with Crippen LogP contribution >= 0.6 is 23.7 Å². The summed E-state index contributed by atoms with van der Waals surface area (Å²) in [6.45, 7) is 6.39. The van der Waals surface area contributed by atoms with Crippen LogP contribution in [-0.4, -0.2) is 34.9 Å². The zero-order valence-corrected chi connectivity index (χ0v) is 17.9. The molecule has 150 valence electrons. The lowest BCUT2D eigenvalue weighted by atomic mass is 10.1. The number of fused-ring (bicyclic) bond motifs is 1. The van der Waals surface area contributed by atoms with Gasteiger partial charge >= 0.3 is 4.87 Å². The Morgan fingerprint density at radius 1 is 1.07 bits per heavy atom. The molecule has 0 bridgehead atoms. The molecule has 1 fully saturated rings. The number of nitrogens with zero attached hydrogens (tertiary/aromatic N) is 2. The molecule has 1 aromatic carbocycles. The Morgan fingerprint density at radius 2 is 1.78 bits per heavy atom. The fourth-order valence-electron chi connectivity index (χ4n) is 3.79. The molecule has 6 heteroatoms. The third-order valence-electron chi connectivity index (χ3n) is 5.27. The second kappa shape index (κ2) is 11.0. The molecule has 1 saturated heterocycles. The van der Waals surface area contributed by atoms with Crippen molar-refractivity contribution in [2.45, 2.75) is 64.8 Å². The monoisotopic (exact) mass is 410 g/mol. The van der Waals surface area contributed by atoms with E-state index >= 15 is 0 Å². The molecule has 4 nitrogen and oxygen atoms in total. The van der Waals surface area contributed by atoms with Gasteiger partial charge in [-0.15, -0.1) is 12.4 Å². The lowest BCUT2D eigenvalue weighted by Gasteiger charge is -2.19. The predicted molar refractivity (Wildman–Crippen MR) is 117 cm³/mol. The number of carbonyl (C=O) groups excluding carboxylic acids is 1. The van der Waals surface area contributed by atoms with Crippen molar-refractivity contribution in [3.63, 3.8) is 0 Å². The van der Waals surface area contributed by atoms with Crippen molar-refractivity contribution in [3.8, 4) is 0 Å². The van der Waals surface area contributed by atoms with Gasteiger partial charge in [-0.2, -0.15) is 0 Å². The molecule has 0 spiro atoms. The fourth-order valence-corrected chi connectivity index (χ4v) is 4.74. The molecule has 1 aliphatic heterocycles. The molecular weight excluding hydrogens is 380 g/mol. The van der Waals surface area contributed by atoms with Crippen molar-refractivity contribution in [2.24, 2.45) is 0 Å². The molecule has 3 rings (SSSR count). The van der Waals surface area contributed by atoms with Gasteiger partial charge < -0.3 is 4.90 Å². The van der Waals surface area contributed by atoms with E-state index in [0.29, 0.717) is 6.42 Å². The summed E-state index contributed by atoms with van der Waals surface area (Å²) >= 11 is 1.26. The maximum atomic E-state index is 12.4. The molecule has 0 saturated carbocycles. The number of unbranched alkanes of at least 4 members (excludes halogenated alkanes) is 1. The normalized spacial score (nSPS) is 15.4. The highest BCUT2D eigenvalue weighted by Crippen LogP contribution is 2.21. The first-order valence-electron chi connectivity index (χ1n) is 10.1. The number of Topliss-reactive ketones (excluding diaryl/α,β-unsaturated/α-hetero) is 1. The number of halogens is 1. The summed E-state index contributed by atoms with van der Waals surface area (Å²) in [6.07, 6.45) is 8.98. The van der Waals surface area contributed by atoms with Crippen molar-refractivity contribution >= 4 is 39.7 Å². The molecule has 1 aromatic heterocycles. The second-order valence-corrected chi connectivity index (χ2v) is 8.33. The molecule has 0 amide bonds. The number of rotatable bonds is 8. The maximum Gasteiger partial charge on any atom is 0.308 e. The largest absolute Gasteiger partial charge is 0.308 e. The first-order valence-corrected chi connectivity index (χ1v) is 10.9. The van der Waals surface area contributed by atoms with Gasteiger partial charge in [0.05, 0.1) is 10.2 Å². The second-order valence-electron chi connectivity index (χ2n) is 7.34. The lowest BCUT2D eigenvalue weighted by molar-refractivity contribution is 0.0982. The van der Waals surface area contributed by atoms with E-state index in [9.17, 15) is 9.59 Å². The van der Waals surface area contributed by atoms with Gasteiger partial charge in [0.25, 0.3) is 0 Å². The average molecular weight is 411 g/mol. The third-order valence-corrected chi connectivity index (χ3v) is 6.21. The fraction of sp³-hybridized carbons (Fsp3) is 0.619. The molecule has 0 unspecified atom stereocenters. The number of carbonyl (C=O) groups is 1.